The normalized spacial score (nSPS) is 19.1. The first-order valence-electron chi connectivity index (χ1n) is 14.2. The van der Waals surface area contributed by atoms with E-state index in [1.54, 1.807) is 6.20 Å². The number of fused-ring (bicyclic) bond motifs is 1. The molecule has 8 nitrogen and oxygen atoms in total. The SMILES string of the molecule is N#CN1CCCC2(CCN(Cc3ccc(-n4c(-c5cccnc5N)nc5ccc(-c6ccccc6)nc54)cc3)C2)C1. The molecule has 204 valence electrons. The molecular weight excluding hydrogens is 508 g/mol. The van der Waals surface area contributed by atoms with Crippen LogP contribution in [0.15, 0.2) is 85.1 Å². The number of piperidine rings is 1. The highest BCUT2D eigenvalue weighted by molar-refractivity contribution is 5.84. The third-order valence-electron chi connectivity index (χ3n) is 8.57. The monoisotopic (exact) mass is 540 g/mol. The van der Waals surface area contributed by atoms with E-state index in [4.69, 9.17) is 15.7 Å². The van der Waals surface area contributed by atoms with Crippen LogP contribution in [0.5, 0.6) is 0 Å². The van der Waals surface area contributed by atoms with Crippen LogP contribution < -0.4 is 5.73 Å². The standard InChI is InChI=1S/C33H32N8/c34-23-40-18-5-15-33(22-40)16-19-39(21-33)20-24-9-11-26(12-10-24)41-31(27-8-4-17-36-30(27)35)38-29-14-13-28(37-32(29)41)25-6-2-1-3-7-25/h1-4,6-14,17H,5,15-16,18-22H2,(H2,35,36). The van der Waals surface area contributed by atoms with Gasteiger partial charge >= 0.3 is 0 Å². The van der Waals surface area contributed by atoms with Gasteiger partial charge in [-0.3, -0.25) is 9.47 Å². The van der Waals surface area contributed by atoms with Crippen molar-refractivity contribution in [1.82, 2.24) is 29.3 Å². The summed E-state index contributed by atoms with van der Waals surface area (Å²) in [6.07, 6.45) is 7.56. The number of nitrogens with zero attached hydrogens (tertiary/aromatic N) is 7. The Morgan fingerprint density at radius 2 is 1.73 bits per heavy atom. The highest BCUT2D eigenvalue weighted by Gasteiger charge is 2.41. The topological polar surface area (TPSA) is 99.9 Å². The van der Waals surface area contributed by atoms with Gasteiger partial charge in [0, 0.05) is 49.0 Å². The van der Waals surface area contributed by atoms with E-state index in [9.17, 15) is 5.26 Å². The fraction of sp³-hybridized carbons (Fsp3) is 0.273. The molecule has 2 aromatic carbocycles. The molecule has 2 saturated heterocycles. The smallest absolute Gasteiger partial charge is 0.179 e. The average molecular weight is 541 g/mol. The Kier molecular flexibility index (Phi) is 6.37. The van der Waals surface area contributed by atoms with Crippen molar-refractivity contribution in [2.45, 2.75) is 25.8 Å². The van der Waals surface area contributed by atoms with Crippen molar-refractivity contribution in [1.29, 1.82) is 5.26 Å². The molecule has 1 spiro atoms. The fourth-order valence-corrected chi connectivity index (χ4v) is 6.56. The number of pyridine rings is 2. The minimum absolute atomic E-state index is 0.254. The van der Waals surface area contributed by atoms with Gasteiger partial charge in [-0.1, -0.05) is 42.5 Å². The maximum atomic E-state index is 9.43. The molecule has 0 aliphatic carbocycles. The lowest BCUT2D eigenvalue weighted by Gasteiger charge is -2.37. The van der Waals surface area contributed by atoms with Gasteiger partial charge in [-0.15, -0.1) is 0 Å². The molecule has 2 fully saturated rings. The highest BCUT2D eigenvalue weighted by Crippen LogP contribution is 2.39. The maximum Gasteiger partial charge on any atom is 0.179 e. The molecule has 0 radical (unpaired) electrons. The zero-order chi connectivity index (χ0) is 27.8. The predicted molar refractivity (Wildman–Crippen MR) is 161 cm³/mol. The van der Waals surface area contributed by atoms with Gasteiger partial charge in [0.1, 0.15) is 11.3 Å². The van der Waals surface area contributed by atoms with Gasteiger partial charge in [-0.25, -0.2) is 15.0 Å². The summed E-state index contributed by atoms with van der Waals surface area (Å²) in [4.78, 5) is 18.8. The molecule has 1 atom stereocenters. The Labute approximate surface area is 239 Å². The Morgan fingerprint density at radius 1 is 0.878 bits per heavy atom. The summed E-state index contributed by atoms with van der Waals surface area (Å²) in [5.74, 6) is 1.15. The molecule has 7 rings (SSSR count). The molecule has 2 N–H and O–H groups in total. The molecule has 0 bridgehead atoms. The lowest BCUT2D eigenvalue weighted by atomic mass is 9.79. The second kappa shape index (κ2) is 10.3. The minimum atomic E-state index is 0.254. The van der Waals surface area contributed by atoms with Crippen LogP contribution in [0.3, 0.4) is 0 Å². The van der Waals surface area contributed by atoms with Crippen LogP contribution >= 0.6 is 0 Å². The summed E-state index contributed by atoms with van der Waals surface area (Å²) < 4.78 is 2.09. The summed E-state index contributed by atoms with van der Waals surface area (Å²) in [5, 5.41) is 9.43. The maximum absolute atomic E-state index is 9.43. The lowest BCUT2D eigenvalue weighted by molar-refractivity contribution is 0.131. The van der Waals surface area contributed by atoms with Gasteiger partial charge in [0.2, 0.25) is 0 Å². The molecular formula is C33H32N8. The number of aromatic nitrogens is 4. The van der Waals surface area contributed by atoms with E-state index in [-0.39, 0.29) is 5.41 Å². The third-order valence-corrected chi connectivity index (χ3v) is 8.57. The van der Waals surface area contributed by atoms with Crippen molar-refractivity contribution in [3.05, 3.63) is 90.6 Å². The van der Waals surface area contributed by atoms with E-state index >= 15 is 0 Å². The van der Waals surface area contributed by atoms with E-state index in [0.29, 0.717) is 5.82 Å². The first kappa shape index (κ1) is 25.2. The van der Waals surface area contributed by atoms with Gasteiger partial charge in [0.05, 0.1) is 11.3 Å². The van der Waals surface area contributed by atoms with Crippen molar-refractivity contribution in [3.63, 3.8) is 0 Å². The number of nitriles is 1. The van der Waals surface area contributed by atoms with Crippen LogP contribution in [-0.2, 0) is 6.54 Å². The largest absolute Gasteiger partial charge is 0.383 e. The number of hydrogen-bond acceptors (Lipinski definition) is 7. The first-order chi connectivity index (χ1) is 20.1. The van der Waals surface area contributed by atoms with E-state index in [0.717, 1.165) is 85.1 Å². The molecule has 3 aromatic heterocycles. The summed E-state index contributed by atoms with van der Waals surface area (Å²) in [6, 6.07) is 26.8. The molecule has 2 aliphatic heterocycles. The fourth-order valence-electron chi connectivity index (χ4n) is 6.56. The molecule has 0 saturated carbocycles. The minimum Gasteiger partial charge on any atom is -0.383 e. The van der Waals surface area contributed by atoms with Crippen LogP contribution in [0.2, 0.25) is 0 Å². The summed E-state index contributed by atoms with van der Waals surface area (Å²) >= 11 is 0. The van der Waals surface area contributed by atoms with Gasteiger partial charge in [-0.2, -0.15) is 5.26 Å². The molecule has 1 unspecified atom stereocenters. The first-order valence-corrected chi connectivity index (χ1v) is 14.2. The zero-order valence-electron chi connectivity index (χ0n) is 22.9. The summed E-state index contributed by atoms with van der Waals surface area (Å²) in [5.41, 5.74) is 13.1. The van der Waals surface area contributed by atoms with Crippen LogP contribution in [0.25, 0.3) is 39.5 Å². The quantitative estimate of drug-likeness (QED) is 0.294. The van der Waals surface area contributed by atoms with Crippen molar-refractivity contribution < 1.29 is 0 Å². The van der Waals surface area contributed by atoms with Gasteiger partial charge in [0.25, 0.3) is 0 Å². The molecule has 0 amide bonds. The van der Waals surface area contributed by atoms with Crippen LogP contribution in [0.4, 0.5) is 5.82 Å². The average Bonchev–Trinajstić information content (AvgIpc) is 3.58. The van der Waals surface area contributed by atoms with Gasteiger partial charge in [-0.05, 0) is 67.8 Å². The highest BCUT2D eigenvalue weighted by atomic mass is 15.2. The van der Waals surface area contributed by atoms with Crippen LogP contribution in [0, 0.1) is 16.9 Å². The Hall–Kier alpha value is -4.74. The van der Waals surface area contributed by atoms with Crippen LogP contribution in [-0.4, -0.2) is 55.5 Å². The van der Waals surface area contributed by atoms with E-state index in [1.807, 2.05) is 47.4 Å². The van der Waals surface area contributed by atoms with E-state index in [2.05, 4.69) is 57.0 Å². The predicted octanol–water partition coefficient (Wildman–Crippen LogP) is 5.50. The molecule has 41 heavy (non-hydrogen) atoms. The zero-order valence-corrected chi connectivity index (χ0v) is 22.9. The molecule has 2 aliphatic rings. The number of benzene rings is 2. The Bertz CT molecular complexity index is 1740. The number of anilines is 1. The van der Waals surface area contributed by atoms with Gasteiger partial charge < -0.3 is 10.6 Å². The second-order valence-corrected chi connectivity index (χ2v) is 11.4. The second-order valence-electron chi connectivity index (χ2n) is 11.4. The Morgan fingerprint density at radius 3 is 2.54 bits per heavy atom. The molecule has 5 aromatic rings. The van der Waals surface area contributed by atoms with Crippen molar-refractivity contribution in [2.24, 2.45) is 5.41 Å². The number of nitrogen functional groups attached to an aromatic ring is 1. The number of hydrogen-bond donors (Lipinski definition) is 1. The van der Waals surface area contributed by atoms with Crippen molar-refractivity contribution in [2.75, 3.05) is 31.9 Å². The van der Waals surface area contributed by atoms with Gasteiger partial charge in [0.15, 0.2) is 17.7 Å². The summed E-state index contributed by atoms with van der Waals surface area (Å²) in [6.45, 7) is 4.82. The van der Waals surface area contributed by atoms with Crippen molar-refractivity contribution >= 4 is 17.0 Å². The third kappa shape index (κ3) is 4.79. The van der Waals surface area contributed by atoms with E-state index < -0.39 is 0 Å². The number of nitrogens with two attached hydrogens (primary N) is 1. The lowest BCUT2D eigenvalue weighted by Crippen LogP contribution is -2.42. The van der Waals surface area contributed by atoms with Crippen molar-refractivity contribution in [3.8, 4) is 34.5 Å². The summed E-state index contributed by atoms with van der Waals surface area (Å²) in [7, 11) is 0. The van der Waals surface area contributed by atoms with Crippen LogP contribution in [0.1, 0.15) is 24.8 Å². The Balaban J connectivity index is 1.22. The molecule has 5 heterocycles. The number of likely N-dealkylation sites (tertiary alicyclic amines) is 2. The number of imidazole rings is 1. The number of rotatable bonds is 5. The molecule has 8 heteroatoms. The van der Waals surface area contributed by atoms with E-state index in [1.165, 1.54) is 12.0 Å².